The van der Waals surface area contributed by atoms with E-state index in [9.17, 15) is 4.79 Å². The third-order valence-electron chi connectivity index (χ3n) is 9.21. The molecular weight excluding hydrogens is 552 g/mol. The van der Waals surface area contributed by atoms with E-state index < -0.39 is 0 Å². The van der Waals surface area contributed by atoms with Crippen molar-refractivity contribution in [1.29, 1.82) is 0 Å². The third kappa shape index (κ3) is 28.4. The van der Waals surface area contributed by atoms with E-state index in [1.54, 1.807) is 0 Å². The zero-order chi connectivity index (χ0) is 32.3. The van der Waals surface area contributed by atoms with Crippen LogP contribution >= 0.6 is 0 Å². The number of aliphatic imine (C=N–C) groups is 1. The molecule has 262 valence electrons. The number of allylic oxidation sites excluding steroid dienone is 4. The summed E-state index contributed by atoms with van der Waals surface area (Å²) in [5.41, 5.74) is 0. The molecule has 0 aliphatic carbocycles. The molecule has 0 spiro atoms. The highest BCUT2D eigenvalue weighted by Gasteiger charge is 2.16. The van der Waals surface area contributed by atoms with E-state index in [2.05, 4.69) is 43.1 Å². The fourth-order valence-electron chi connectivity index (χ4n) is 6.22. The van der Waals surface area contributed by atoms with E-state index in [1.165, 1.54) is 166 Å². The van der Waals surface area contributed by atoms with Crippen LogP contribution in [-0.2, 0) is 9.53 Å². The Morgan fingerprint density at radius 3 is 1.51 bits per heavy atom. The molecule has 0 fully saturated rings. The lowest BCUT2D eigenvalue weighted by Crippen LogP contribution is -2.31. The van der Waals surface area contributed by atoms with Gasteiger partial charge in [-0.1, -0.05) is 147 Å². The van der Waals surface area contributed by atoms with Gasteiger partial charge in [-0.2, -0.15) is 0 Å². The summed E-state index contributed by atoms with van der Waals surface area (Å²) in [6, 6.07) is 0. The summed E-state index contributed by atoms with van der Waals surface area (Å²) in [5.74, 6) is 1.21. The number of unbranched alkanes of at least 4 members (excludes halogenated alkanes) is 23. The minimum absolute atomic E-state index is 0.0291. The molecule has 0 saturated carbocycles. The summed E-state index contributed by atoms with van der Waals surface area (Å²) >= 11 is 0. The van der Waals surface area contributed by atoms with Gasteiger partial charge < -0.3 is 9.64 Å². The first-order valence-electron chi connectivity index (χ1n) is 20.0. The Labute approximate surface area is 281 Å². The van der Waals surface area contributed by atoms with E-state index in [1.807, 2.05) is 0 Å². The topological polar surface area (TPSA) is 41.9 Å². The molecule has 1 aliphatic rings. The maximum Gasteiger partial charge on any atom is 0.305 e. The fraction of sp³-hybridized carbons (Fsp3) is 0.854. The molecule has 0 N–H and O–H groups in total. The van der Waals surface area contributed by atoms with Crippen LogP contribution in [0.4, 0.5) is 0 Å². The summed E-state index contributed by atoms with van der Waals surface area (Å²) in [4.78, 5) is 19.3. The molecule has 45 heavy (non-hydrogen) atoms. The number of hydrogen-bond acceptors (Lipinski definition) is 4. The van der Waals surface area contributed by atoms with Gasteiger partial charge in [-0.15, -0.1) is 0 Å². The van der Waals surface area contributed by atoms with Gasteiger partial charge in [0, 0.05) is 19.4 Å². The van der Waals surface area contributed by atoms with E-state index in [0.717, 1.165) is 38.9 Å². The van der Waals surface area contributed by atoms with Gasteiger partial charge in [-0.3, -0.25) is 9.79 Å². The quantitative estimate of drug-likeness (QED) is 0.0404. The molecule has 1 aliphatic heterocycles. The molecule has 1 heterocycles. The summed E-state index contributed by atoms with van der Waals surface area (Å²) in [5, 5.41) is 0. The molecule has 0 aromatic heterocycles. The molecule has 1 rings (SSSR count). The number of carbonyl (C=O) groups is 1. The van der Waals surface area contributed by atoms with Crippen LogP contribution < -0.4 is 0 Å². The van der Waals surface area contributed by atoms with Gasteiger partial charge >= 0.3 is 5.97 Å². The standard InChI is InChI=1S/C41H76N2O2/c1-3-5-7-9-11-13-15-17-19-21-22-24-26-28-30-32-34-40-42-36-37-43(40)38-39-45-41(44)35-33-31-29-27-25-23-20-18-16-14-12-10-8-6-4-2/h17-20H,3-16,21-39H2,1-2H3/b19-17-,20-18-. The van der Waals surface area contributed by atoms with Crippen LogP contribution in [0.3, 0.4) is 0 Å². The molecule has 0 aromatic rings. The third-order valence-corrected chi connectivity index (χ3v) is 9.21. The predicted octanol–water partition coefficient (Wildman–Crippen LogP) is 12.7. The Morgan fingerprint density at radius 2 is 1.02 bits per heavy atom. The van der Waals surface area contributed by atoms with Crippen molar-refractivity contribution in [3.05, 3.63) is 24.3 Å². The van der Waals surface area contributed by atoms with Crippen LogP contribution in [0, 0.1) is 0 Å². The Hall–Kier alpha value is -1.58. The van der Waals surface area contributed by atoms with Crippen molar-refractivity contribution in [2.45, 2.75) is 200 Å². The minimum Gasteiger partial charge on any atom is -0.464 e. The Morgan fingerprint density at radius 1 is 0.600 bits per heavy atom. The average Bonchev–Trinajstić information content (AvgIpc) is 3.49. The number of amidine groups is 1. The number of nitrogens with zero attached hydrogens (tertiary/aromatic N) is 2. The first-order valence-corrected chi connectivity index (χ1v) is 20.0. The van der Waals surface area contributed by atoms with Gasteiger partial charge in [-0.05, 0) is 64.2 Å². The molecule has 4 heteroatoms. The van der Waals surface area contributed by atoms with E-state index in [-0.39, 0.29) is 5.97 Å². The van der Waals surface area contributed by atoms with Crippen molar-refractivity contribution < 1.29 is 9.53 Å². The smallest absolute Gasteiger partial charge is 0.305 e. The van der Waals surface area contributed by atoms with Crippen LogP contribution in [0.2, 0.25) is 0 Å². The predicted molar refractivity (Wildman–Crippen MR) is 198 cm³/mol. The number of ether oxygens (including phenoxy) is 1. The molecule has 0 bridgehead atoms. The Balaban J connectivity index is 1.88. The molecule has 0 aromatic carbocycles. The zero-order valence-electron chi connectivity index (χ0n) is 30.4. The van der Waals surface area contributed by atoms with Gasteiger partial charge in [0.15, 0.2) is 0 Å². The summed E-state index contributed by atoms with van der Waals surface area (Å²) in [6.45, 7) is 7.73. The van der Waals surface area contributed by atoms with Crippen LogP contribution in [0.15, 0.2) is 29.3 Å². The highest BCUT2D eigenvalue weighted by Crippen LogP contribution is 2.14. The molecule has 0 atom stereocenters. The largest absolute Gasteiger partial charge is 0.464 e. The molecule has 0 amide bonds. The summed E-state index contributed by atoms with van der Waals surface area (Å²) in [6.07, 6.45) is 46.6. The number of rotatable bonds is 34. The normalized spacial score (nSPS) is 13.5. The molecule has 4 nitrogen and oxygen atoms in total. The van der Waals surface area contributed by atoms with Gasteiger partial charge in [0.1, 0.15) is 6.61 Å². The van der Waals surface area contributed by atoms with Gasteiger partial charge in [-0.25, -0.2) is 0 Å². The number of hydrogen-bond donors (Lipinski definition) is 0. The Bertz CT molecular complexity index is 729. The van der Waals surface area contributed by atoms with Crippen molar-refractivity contribution in [3.8, 4) is 0 Å². The molecule has 0 saturated heterocycles. The van der Waals surface area contributed by atoms with Crippen molar-refractivity contribution in [2.24, 2.45) is 4.99 Å². The second-order valence-corrected chi connectivity index (χ2v) is 13.5. The van der Waals surface area contributed by atoms with Gasteiger partial charge in [0.2, 0.25) is 0 Å². The van der Waals surface area contributed by atoms with Gasteiger partial charge in [0.25, 0.3) is 0 Å². The first kappa shape index (κ1) is 41.4. The highest BCUT2D eigenvalue weighted by atomic mass is 16.5. The van der Waals surface area contributed by atoms with Crippen LogP contribution in [0.25, 0.3) is 0 Å². The minimum atomic E-state index is -0.0291. The highest BCUT2D eigenvalue weighted by molar-refractivity contribution is 5.83. The number of esters is 1. The van der Waals surface area contributed by atoms with Crippen molar-refractivity contribution in [1.82, 2.24) is 4.90 Å². The van der Waals surface area contributed by atoms with Crippen LogP contribution in [0.5, 0.6) is 0 Å². The molecule has 0 radical (unpaired) electrons. The second-order valence-electron chi connectivity index (χ2n) is 13.5. The van der Waals surface area contributed by atoms with E-state index in [4.69, 9.17) is 9.73 Å². The van der Waals surface area contributed by atoms with E-state index in [0.29, 0.717) is 13.0 Å². The van der Waals surface area contributed by atoms with Crippen LogP contribution in [-0.4, -0.2) is 42.9 Å². The SMILES string of the molecule is CCCCCCCC/C=C\CCCCCCCCC1=NCCN1CCOC(=O)CCCCCCC/C=C\CCCCCCCC. The maximum atomic E-state index is 12.2. The monoisotopic (exact) mass is 629 g/mol. The van der Waals surface area contributed by atoms with Crippen molar-refractivity contribution in [3.63, 3.8) is 0 Å². The van der Waals surface area contributed by atoms with Crippen molar-refractivity contribution in [2.75, 3.05) is 26.2 Å². The lowest BCUT2D eigenvalue weighted by molar-refractivity contribution is -0.143. The molecule has 0 unspecified atom stereocenters. The maximum absolute atomic E-state index is 12.2. The average molecular weight is 629 g/mol. The van der Waals surface area contributed by atoms with E-state index >= 15 is 0 Å². The first-order chi connectivity index (χ1) is 22.3. The second kappa shape index (κ2) is 33.8. The fourth-order valence-corrected chi connectivity index (χ4v) is 6.22. The lowest BCUT2D eigenvalue weighted by Gasteiger charge is -2.20. The summed E-state index contributed by atoms with van der Waals surface area (Å²) in [7, 11) is 0. The lowest BCUT2D eigenvalue weighted by atomic mass is 10.1. The number of carbonyl (C=O) groups excluding carboxylic acids is 1. The molecular formula is C41H76N2O2. The van der Waals surface area contributed by atoms with Crippen molar-refractivity contribution >= 4 is 11.8 Å². The zero-order valence-corrected chi connectivity index (χ0v) is 30.4. The Kier molecular flexibility index (Phi) is 31.1. The van der Waals surface area contributed by atoms with Crippen LogP contribution in [0.1, 0.15) is 200 Å². The van der Waals surface area contributed by atoms with Gasteiger partial charge in [0.05, 0.1) is 18.9 Å². The summed E-state index contributed by atoms with van der Waals surface area (Å²) < 4.78 is 5.56.